The third-order valence-electron chi connectivity index (χ3n) is 5.96. The first-order valence-corrected chi connectivity index (χ1v) is 14.9. The molecule has 1 N–H and O–H groups in total. The van der Waals surface area contributed by atoms with Crippen LogP contribution in [0.4, 0.5) is 10.1 Å². The topological polar surface area (TPSA) is 86.8 Å². The second kappa shape index (κ2) is 13.8. The summed E-state index contributed by atoms with van der Waals surface area (Å²) in [7, 11) is -4.07. The lowest BCUT2D eigenvalue weighted by atomic mass is 10.0. The summed E-state index contributed by atoms with van der Waals surface area (Å²) in [5.74, 6) is -1.89. The number of carbonyl (C=O) groups excluding carboxylic acids is 2. The van der Waals surface area contributed by atoms with E-state index in [1.807, 2.05) is 37.3 Å². The molecule has 3 aromatic carbocycles. The number of anilines is 1. The van der Waals surface area contributed by atoms with Crippen LogP contribution in [0.5, 0.6) is 0 Å². The predicted molar refractivity (Wildman–Crippen MR) is 153 cm³/mol. The smallest absolute Gasteiger partial charge is 0.244 e. The van der Waals surface area contributed by atoms with Crippen molar-refractivity contribution in [2.75, 3.05) is 23.7 Å². The predicted octanol–water partition coefficient (Wildman–Crippen LogP) is 5.06. The number of hydrogen-bond acceptors (Lipinski definition) is 4. The maximum absolute atomic E-state index is 14.6. The van der Waals surface area contributed by atoms with Crippen LogP contribution in [0.2, 0.25) is 10.0 Å². The van der Waals surface area contributed by atoms with Crippen molar-refractivity contribution in [2.24, 2.45) is 0 Å². The summed E-state index contributed by atoms with van der Waals surface area (Å²) in [6.45, 7) is 1.52. The number of rotatable bonds is 12. The maximum atomic E-state index is 14.6. The summed E-state index contributed by atoms with van der Waals surface area (Å²) in [6, 6.07) is 18.3. The highest BCUT2D eigenvalue weighted by Gasteiger charge is 2.33. The van der Waals surface area contributed by atoms with E-state index in [1.165, 1.54) is 23.1 Å². The van der Waals surface area contributed by atoms with E-state index < -0.39 is 40.2 Å². The molecule has 208 valence electrons. The van der Waals surface area contributed by atoms with Gasteiger partial charge in [0.1, 0.15) is 18.4 Å². The molecule has 0 saturated heterocycles. The summed E-state index contributed by atoms with van der Waals surface area (Å²) >= 11 is 12.3. The highest BCUT2D eigenvalue weighted by Crippen LogP contribution is 2.26. The molecule has 0 aliphatic rings. The Labute approximate surface area is 238 Å². The molecule has 39 heavy (non-hydrogen) atoms. The van der Waals surface area contributed by atoms with Crippen molar-refractivity contribution in [1.82, 2.24) is 10.2 Å². The Morgan fingerprint density at radius 1 is 0.949 bits per heavy atom. The second-order valence-electron chi connectivity index (χ2n) is 8.99. The fourth-order valence-electron chi connectivity index (χ4n) is 4.00. The number of nitrogens with one attached hydrogen (secondary N) is 1. The zero-order valence-electron chi connectivity index (χ0n) is 21.6. The summed E-state index contributed by atoms with van der Waals surface area (Å²) in [4.78, 5) is 28.6. The van der Waals surface area contributed by atoms with Crippen LogP contribution in [-0.4, -0.2) is 50.5 Å². The number of sulfonamides is 1. The lowest BCUT2D eigenvalue weighted by Gasteiger charge is -2.33. The van der Waals surface area contributed by atoms with Crippen molar-refractivity contribution in [3.8, 4) is 0 Å². The molecule has 0 aliphatic carbocycles. The van der Waals surface area contributed by atoms with Gasteiger partial charge in [-0.1, -0.05) is 78.7 Å². The number of halogens is 3. The van der Waals surface area contributed by atoms with Crippen molar-refractivity contribution in [2.45, 2.75) is 32.4 Å². The van der Waals surface area contributed by atoms with Crippen LogP contribution in [0.3, 0.4) is 0 Å². The molecule has 0 heterocycles. The molecule has 2 amide bonds. The van der Waals surface area contributed by atoms with Crippen molar-refractivity contribution in [3.63, 3.8) is 0 Å². The van der Waals surface area contributed by atoms with Crippen LogP contribution in [0.25, 0.3) is 0 Å². The first kappa shape index (κ1) is 30.4. The van der Waals surface area contributed by atoms with Gasteiger partial charge in [-0.2, -0.15) is 0 Å². The van der Waals surface area contributed by atoms with E-state index in [0.29, 0.717) is 27.9 Å². The number of hydrogen-bond donors (Lipinski definition) is 1. The van der Waals surface area contributed by atoms with Gasteiger partial charge in [0.05, 0.1) is 22.0 Å². The maximum Gasteiger partial charge on any atom is 0.244 e. The van der Waals surface area contributed by atoms with Crippen molar-refractivity contribution >= 4 is 50.7 Å². The largest absolute Gasteiger partial charge is 0.354 e. The van der Waals surface area contributed by atoms with E-state index in [9.17, 15) is 22.4 Å². The van der Waals surface area contributed by atoms with Gasteiger partial charge in [0.25, 0.3) is 0 Å². The second-order valence-corrected chi connectivity index (χ2v) is 11.7. The lowest BCUT2D eigenvalue weighted by molar-refractivity contribution is -0.140. The average molecular weight is 595 g/mol. The Morgan fingerprint density at radius 3 is 2.23 bits per heavy atom. The van der Waals surface area contributed by atoms with Gasteiger partial charge in [-0.25, -0.2) is 12.8 Å². The molecular formula is C28H30Cl2FN3O4S. The normalized spacial score (nSPS) is 12.0. The highest BCUT2D eigenvalue weighted by atomic mass is 35.5. The average Bonchev–Trinajstić information content (AvgIpc) is 2.90. The summed E-state index contributed by atoms with van der Waals surface area (Å²) < 4.78 is 40.7. The minimum Gasteiger partial charge on any atom is -0.354 e. The summed E-state index contributed by atoms with van der Waals surface area (Å²) in [6.07, 6.45) is 1.74. The number of benzene rings is 3. The Bertz CT molecular complexity index is 1410. The molecule has 7 nitrogen and oxygen atoms in total. The summed E-state index contributed by atoms with van der Waals surface area (Å²) in [5, 5.41) is 3.43. The van der Waals surface area contributed by atoms with Gasteiger partial charge >= 0.3 is 0 Å². The van der Waals surface area contributed by atoms with Gasteiger partial charge in [-0.3, -0.25) is 13.9 Å². The highest BCUT2D eigenvalue weighted by molar-refractivity contribution is 7.92. The third kappa shape index (κ3) is 8.42. The minimum absolute atomic E-state index is 0.0678. The van der Waals surface area contributed by atoms with Gasteiger partial charge in [-0.05, 0) is 41.8 Å². The van der Waals surface area contributed by atoms with Gasteiger partial charge in [-0.15, -0.1) is 0 Å². The van der Waals surface area contributed by atoms with E-state index in [4.69, 9.17) is 23.2 Å². The molecule has 3 aromatic rings. The monoisotopic (exact) mass is 593 g/mol. The van der Waals surface area contributed by atoms with Gasteiger partial charge in [0.15, 0.2) is 0 Å². The molecule has 1 atom stereocenters. The molecule has 0 radical (unpaired) electrons. The van der Waals surface area contributed by atoms with Crippen LogP contribution in [0.15, 0.2) is 72.8 Å². The van der Waals surface area contributed by atoms with Crippen LogP contribution in [0.1, 0.15) is 24.5 Å². The number of amides is 2. The number of nitrogens with zero attached hydrogens (tertiary/aromatic N) is 2. The van der Waals surface area contributed by atoms with Crippen molar-refractivity contribution in [3.05, 3.63) is 99.8 Å². The molecule has 3 rings (SSSR count). The SMILES string of the molecule is CCCNC(=O)[C@H](Cc1ccccc1)N(Cc1ccc(Cl)c(Cl)c1)C(=O)CN(c1ccccc1F)S(C)(=O)=O. The molecular weight excluding hydrogens is 564 g/mol. The van der Waals surface area contributed by atoms with Gasteiger partial charge in [0, 0.05) is 19.5 Å². The summed E-state index contributed by atoms with van der Waals surface area (Å²) in [5.41, 5.74) is 1.11. The Hall–Kier alpha value is -3.14. The van der Waals surface area contributed by atoms with Crippen LogP contribution in [0, 0.1) is 5.82 Å². The fourth-order valence-corrected chi connectivity index (χ4v) is 5.17. The zero-order valence-corrected chi connectivity index (χ0v) is 23.9. The first-order valence-electron chi connectivity index (χ1n) is 12.3. The van der Waals surface area contributed by atoms with E-state index in [-0.39, 0.29) is 23.7 Å². The zero-order chi connectivity index (χ0) is 28.6. The molecule has 0 saturated carbocycles. The van der Waals surface area contributed by atoms with Crippen molar-refractivity contribution < 1.29 is 22.4 Å². The Morgan fingerprint density at radius 2 is 1.62 bits per heavy atom. The van der Waals surface area contributed by atoms with Crippen LogP contribution in [-0.2, 0) is 32.6 Å². The standard InChI is InChI=1S/C28H30Cl2FN3O4S/c1-3-15-32-28(36)26(17-20-9-5-4-6-10-20)33(18-21-13-14-22(29)23(30)16-21)27(35)19-34(39(2,37)38)25-12-8-7-11-24(25)31/h4-14,16,26H,3,15,17-19H2,1-2H3,(H,32,36)/t26-/m0/s1. The van der Waals surface area contributed by atoms with E-state index in [0.717, 1.165) is 17.9 Å². The fraction of sp³-hybridized carbons (Fsp3) is 0.286. The van der Waals surface area contributed by atoms with E-state index >= 15 is 0 Å². The molecule has 11 heteroatoms. The quantitative estimate of drug-likeness (QED) is 0.318. The minimum atomic E-state index is -4.07. The van der Waals surface area contributed by atoms with Crippen LogP contribution >= 0.6 is 23.2 Å². The molecule has 0 aliphatic heterocycles. The number of carbonyl (C=O) groups is 2. The Kier molecular flexibility index (Phi) is 10.7. The van der Waals surface area contributed by atoms with Crippen LogP contribution < -0.4 is 9.62 Å². The molecule has 0 fully saturated rings. The van der Waals surface area contributed by atoms with E-state index in [2.05, 4.69) is 5.32 Å². The molecule has 0 aromatic heterocycles. The first-order chi connectivity index (χ1) is 18.5. The molecule has 0 spiro atoms. The number of para-hydroxylation sites is 1. The molecule has 0 bridgehead atoms. The van der Waals surface area contributed by atoms with Gasteiger partial charge in [0.2, 0.25) is 21.8 Å². The van der Waals surface area contributed by atoms with Gasteiger partial charge < -0.3 is 10.2 Å². The Balaban J connectivity index is 2.07. The lowest BCUT2D eigenvalue weighted by Crippen LogP contribution is -2.53. The van der Waals surface area contributed by atoms with E-state index in [1.54, 1.807) is 18.2 Å². The molecule has 0 unspecified atom stereocenters. The third-order valence-corrected chi connectivity index (χ3v) is 7.82. The van der Waals surface area contributed by atoms with Crippen molar-refractivity contribution in [1.29, 1.82) is 0 Å².